The van der Waals surface area contributed by atoms with E-state index >= 15 is 0 Å². The number of benzene rings is 3. The number of rotatable bonds is 6. The third kappa shape index (κ3) is 4.97. The molecule has 32 heavy (non-hydrogen) atoms. The van der Waals surface area contributed by atoms with Crippen LogP contribution in [0.5, 0.6) is 11.5 Å². The molecule has 1 atom stereocenters. The maximum atomic E-state index is 13.5. The van der Waals surface area contributed by atoms with E-state index in [0.29, 0.717) is 36.0 Å². The zero-order chi connectivity index (χ0) is 22.7. The number of sulfonamides is 1. The van der Waals surface area contributed by atoms with Gasteiger partial charge in [0.25, 0.3) is 0 Å². The first kappa shape index (κ1) is 22.4. The second-order valence-corrected chi connectivity index (χ2v) is 10.00. The van der Waals surface area contributed by atoms with E-state index in [1.807, 2.05) is 81.4 Å². The standard InChI is InChI=1S/C26H29NO4S/c1-18-14-19(2)26(20(3)15-18)32(28,29)27-23(16-21-8-5-4-6-9-21)22-10-11-24-25(17-22)31-13-7-12-30-24/h4-6,8-11,14-15,17,23,27H,7,12-13,16H2,1-3H3. The van der Waals surface area contributed by atoms with E-state index in [1.54, 1.807) is 0 Å². The van der Waals surface area contributed by atoms with Gasteiger partial charge >= 0.3 is 0 Å². The van der Waals surface area contributed by atoms with Crippen LogP contribution in [0, 0.1) is 20.8 Å². The highest BCUT2D eigenvalue weighted by Crippen LogP contribution is 2.34. The summed E-state index contributed by atoms with van der Waals surface area (Å²) in [4.78, 5) is 0.343. The molecule has 1 heterocycles. The summed E-state index contributed by atoms with van der Waals surface area (Å²) in [7, 11) is -3.76. The molecule has 0 saturated heterocycles. The van der Waals surface area contributed by atoms with Crippen molar-refractivity contribution in [2.75, 3.05) is 13.2 Å². The molecule has 0 spiro atoms. The minimum absolute atomic E-state index is 0.343. The van der Waals surface area contributed by atoms with Gasteiger partial charge in [0.05, 0.1) is 24.2 Å². The number of ether oxygens (including phenoxy) is 2. The molecule has 3 aromatic carbocycles. The van der Waals surface area contributed by atoms with Gasteiger partial charge in [0.2, 0.25) is 10.0 Å². The van der Waals surface area contributed by atoms with Crippen molar-refractivity contribution in [3.8, 4) is 11.5 Å². The largest absolute Gasteiger partial charge is 0.490 e. The van der Waals surface area contributed by atoms with E-state index < -0.39 is 16.1 Å². The molecule has 1 unspecified atom stereocenters. The topological polar surface area (TPSA) is 64.6 Å². The predicted octanol–water partition coefficient (Wildman–Crippen LogP) is 5.04. The lowest BCUT2D eigenvalue weighted by Gasteiger charge is -2.22. The van der Waals surface area contributed by atoms with E-state index in [1.165, 1.54) is 0 Å². The molecular weight excluding hydrogens is 422 g/mol. The molecule has 0 aromatic heterocycles. The molecule has 0 fully saturated rings. The Bertz CT molecular complexity index is 1180. The molecule has 0 aliphatic carbocycles. The van der Waals surface area contributed by atoms with Gasteiger partial charge in [-0.2, -0.15) is 0 Å². The monoisotopic (exact) mass is 451 g/mol. The first-order valence-electron chi connectivity index (χ1n) is 10.9. The quantitative estimate of drug-likeness (QED) is 0.571. The van der Waals surface area contributed by atoms with Crippen molar-refractivity contribution < 1.29 is 17.9 Å². The molecule has 0 bridgehead atoms. The summed E-state index contributed by atoms with van der Waals surface area (Å²) in [6.45, 7) is 6.84. The maximum Gasteiger partial charge on any atom is 0.241 e. The summed E-state index contributed by atoms with van der Waals surface area (Å²) in [6, 6.07) is 18.9. The zero-order valence-corrected chi connectivity index (χ0v) is 19.5. The Balaban J connectivity index is 1.73. The molecular formula is C26H29NO4S. The van der Waals surface area contributed by atoms with Crippen LogP contribution in [0.3, 0.4) is 0 Å². The second-order valence-electron chi connectivity index (χ2n) is 8.35. The van der Waals surface area contributed by atoms with E-state index in [-0.39, 0.29) is 0 Å². The Hall–Kier alpha value is -2.83. The lowest BCUT2D eigenvalue weighted by atomic mass is 9.99. The van der Waals surface area contributed by atoms with Gasteiger partial charge in [0.15, 0.2) is 11.5 Å². The van der Waals surface area contributed by atoms with Gasteiger partial charge in [-0.05, 0) is 61.6 Å². The molecule has 1 aliphatic rings. The third-order valence-electron chi connectivity index (χ3n) is 5.63. The lowest BCUT2D eigenvalue weighted by molar-refractivity contribution is 0.297. The van der Waals surface area contributed by atoms with Gasteiger partial charge in [-0.1, -0.05) is 54.1 Å². The first-order chi connectivity index (χ1) is 15.3. The van der Waals surface area contributed by atoms with Gasteiger partial charge in [0, 0.05) is 6.42 Å². The van der Waals surface area contributed by atoms with Gasteiger partial charge in [-0.15, -0.1) is 0 Å². The lowest BCUT2D eigenvalue weighted by Crippen LogP contribution is -2.31. The summed E-state index contributed by atoms with van der Waals surface area (Å²) in [5, 5.41) is 0. The van der Waals surface area contributed by atoms with Crippen LogP contribution in [0.1, 0.15) is 40.3 Å². The molecule has 1 N–H and O–H groups in total. The van der Waals surface area contributed by atoms with Gasteiger partial charge < -0.3 is 9.47 Å². The van der Waals surface area contributed by atoms with E-state index in [4.69, 9.17) is 9.47 Å². The highest BCUT2D eigenvalue weighted by atomic mass is 32.2. The summed E-state index contributed by atoms with van der Waals surface area (Å²) >= 11 is 0. The predicted molar refractivity (Wildman–Crippen MR) is 126 cm³/mol. The highest BCUT2D eigenvalue weighted by Gasteiger charge is 2.26. The summed E-state index contributed by atoms with van der Waals surface area (Å²) in [6.07, 6.45) is 1.33. The average Bonchev–Trinajstić information content (AvgIpc) is 2.97. The summed E-state index contributed by atoms with van der Waals surface area (Å²) < 4.78 is 41.6. The van der Waals surface area contributed by atoms with Crippen molar-refractivity contribution in [3.63, 3.8) is 0 Å². The van der Waals surface area contributed by atoms with Gasteiger partial charge in [0.1, 0.15) is 0 Å². The molecule has 0 radical (unpaired) electrons. The zero-order valence-electron chi connectivity index (χ0n) is 18.7. The minimum Gasteiger partial charge on any atom is -0.490 e. The van der Waals surface area contributed by atoms with Crippen molar-refractivity contribution in [1.82, 2.24) is 4.72 Å². The first-order valence-corrected chi connectivity index (χ1v) is 12.4. The molecule has 0 amide bonds. The van der Waals surface area contributed by atoms with Crippen LogP contribution < -0.4 is 14.2 Å². The van der Waals surface area contributed by atoms with Crippen molar-refractivity contribution in [2.45, 2.75) is 44.6 Å². The van der Waals surface area contributed by atoms with E-state index in [9.17, 15) is 8.42 Å². The number of hydrogen-bond acceptors (Lipinski definition) is 4. The normalized spacial score (nSPS) is 14.6. The van der Waals surface area contributed by atoms with Crippen molar-refractivity contribution in [3.05, 3.63) is 88.5 Å². The minimum atomic E-state index is -3.76. The Morgan fingerprint density at radius 3 is 2.22 bits per heavy atom. The van der Waals surface area contributed by atoms with Crippen LogP contribution in [0.2, 0.25) is 0 Å². The fourth-order valence-corrected chi connectivity index (χ4v) is 5.99. The number of nitrogens with one attached hydrogen (secondary N) is 1. The van der Waals surface area contributed by atoms with Gasteiger partial charge in [-0.3, -0.25) is 0 Å². The van der Waals surface area contributed by atoms with Crippen LogP contribution in [0.25, 0.3) is 0 Å². The molecule has 5 nitrogen and oxygen atoms in total. The highest BCUT2D eigenvalue weighted by molar-refractivity contribution is 7.89. The van der Waals surface area contributed by atoms with Gasteiger partial charge in [-0.25, -0.2) is 13.1 Å². The summed E-state index contributed by atoms with van der Waals surface area (Å²) in [5.41, 5.74) is 4.41. The van der Waals surface area contributed by atoms with Crippen molar-refractivity contribution in [1.29, 1.82) is 0 Å². The molecule has 6 heteroatoms. The molecule has 4 rings (SSSR count). The van der Waals surface area contributed by atoms with Crippen LogP contribution in [-0.2, 0) is 16.4 Å². The average molecular weight is 452 g/mol. The number of hydrogen-bond donors (Lipinski definition) is 1. The third-order valence-corrected chi connectivity index (χ3v) is 7.40. The fraction of sp³-hybridized carbons (Fsp3) is 0.308. The Kier molecular flexibility index (Phi) is 6.53. The van der Waals surface area contributed by atoms with Crippen LogP contribution in [-0.4, -0.2) is 21.6 Å². The fourth-order valence-electron chi connectivity index (χ4n) is 4.31. The van der Waals surface area contributed by atoms with E-state index in [2.05, 4.69) is 4.72 Å². The smallest absolute Gasteiger partial charge is 0.241 e. The van der Waals surface area contributed by atoms with Crippen LogP contribution in [0.4, 0.5) is 0 Å². The molecule has 168 valence electrons. The van der Waals surface area contributed by atoms with Crippen molar-refractivity contribution in [2.24, 2.45) is 0 Å². The van der Waals surface area contributed by atoms with Crippen LogP contribution in [0.15, 0.2) is 65.6 Å². The summed E-state index contributed by atoms with van der Waals surface area (Å²) in [5.74, 6) is 1.35. The molecule has 1 aliphatic heterocycles. The maximum absolute atomic E-state index is 13.5. The second kappa shape index (κ2) is 9.35. The Labute approximate surface area is 190 Å². The number of fused-ring (bicyclic) bond motifs is 1. The Morgan fingerprint density at radius 2 is 1.53 bits per heavy atom. The molecule has 0 saturated carbocycles. The van der Waals surface area contributed by atoms with Crippen molar-refractivity contribution >= 4 is 10.0 Å². The molecule has 3 aromatic rings. The van der Waals surface area contributed by atoms with Crippen LogP contribution >= 0.6 is 0 Å². The number of aryl methyl sites for hydroxylation is 3. The Morgan fingerprint density at radius 1 is 0.875 bits per heavy atom. The van der Waals surface area contributed by atoms with E-state index in [0.717, 1.165) is 34.2 Å². The SMILES string of the molecule is Cc1cc(C)c(S(=O)(=O)NC(Cc2ccccc2)c2ccc3c(c2)OCCCO3)c(C)c1.